The molecule has 0 saturated carbocycles. The van der Waals surface area contributed by atoms with E-state index in [4.69, 9.17) is 32.7 Å². The number of amides is 1. The highest BCUT2D eigenvalue weighted by Crippen LogP contribution is 2.28. The number of esters is 1. The van der Waals surface area contributed by atoms with Crippen LogP contribution in [-0.2, 0) is 14.3 Å². The van der Waals surface area contributed by atoms with Crippen molar-refractivity contribution in [2.75, 3.05) is 29.7 Å². The summed E-state index contributed by atoms with van der Waals surface area (Å²) in [5.41, 5.74) is 0.793. The van der Waals surface area contributed by atoms with E-state index in [-0.39, 0.29) is 6.42 Å². The van der Waals surface area contributed by atoms with Gasteiger partial charge in [0.05, 0.1) is 12.5 Å². The number of nitrogens with one attached hydrogen (secondary N) is 1. The Bertz CT molecular complexity index is 754. The van der Waals surface area contributed by atoms with Gasteiger partial charge in [0, 0.05) is 30.5 Å². The third-order valence-corrected chi connectivity index (χ3v) is 4.88. The van der Waals surface area contributed by atoms with E-state index in [1.165, 1.54) is 0 Å². The van der Waals surface area contributed by atoms with Crippen molar-refractivity contribution in [2.24, 2.45) is 0 Å². The minimum atomic E-state index is -1.18. The molecule has 2 atom stereocenters. The largest absolute Gasteiger partial charge is 0.460 e. The first-order valence-corrected chi connectivity index (χ1v) is 12.1. The smallest absolute Gasteiger partial charge is 0.407 e. The van der Waals surface area contributed by atoms with Gasteiger partial charge in [0.2, 0.25) is 0 Å². The molecule has 0 heterocycles. The van der Waals surface area contributed by atoms with Gasteiger partial charge in [0.15, 0.2) is 0 Å². The summed E-state index contributed by atoms with van der Waals surface area (Å²) >= 11 is 11.9. The lowest BCUT2D eigenvalue weighted by atomic mass is 9.95. The molecule has 0 aliphatic heterocycles. The molecule has 1 rings (SSSR count). The predicted octanol–water partition coefficient (Wildman–Crippen LogP) is 4.94. The minimum absolute atomic E-state index is 0.228. The van der Waals surface area contributed by atoms with Crippen molar-refractivity contribution in [3.63, 3.8) is 0 Å². The molecule has 0 aliphatic carbocycles. The van der Waals surface area contributed by atoms with Crippen molar-refractivity contribution in [1.82, 2.24) is 5.32 Å². The minimum Gasteiger partial charge on any atom is -0.460 e. The number of benzene rings is 1. The third kappa shape index (κ3) is 10.8. The second-order valence-electron chi connectivity index (χ2n) is 9.89. The molecule has 0 radical (unpaired) electrons. The molecule has 188 valence electrons. The molecule has 2 N–H and O–H groups in total. The Morgan fingerprint density at radius 3 is 2.06 bits per heavy atom. The van der Waals surface area contributed by atoms with Crippen LogP contribution in [0.5, 0.6) is 0 Å². The molecule has 7 nitrogen and oxygen atoms in total. The number of hydrogen-bond donors (Lipinski definition) is 2. The molecule has 9 heteroatoms. The van der Waals surface area contributed by atoms with Crippen LogP contribution in [-0.4, -0.2) is 59.3 Å². The summed E-state index contributed by atoms with van der Waals surface area (Å²) in [6.45, 7) is 13.5. The topological polar surface area (TPSA) is 88.1 Å². The molecule has 0 spiro atoms. The maximum atomic E-state index is 12.5. The number of aliphatic hydroxyl groups excluding tert-OH is 1. The van der Waals surface area contributed by atoms with Crippen molar-refractivity contribution in [3.05, 3.63) is 29.3 Å². The SMILES string of the molecule is Cc1ccc(N(CCCl)CCCl)cc1C(O)C(CC(=O)OC(C)(C)C)NC(=O)OC(C)(C)C. The van der Waals surface area contributed by atoms with Crippen LogP contribution in [0.2, 0.25) is 0 Å². The van der Waals surface area contributed by atoms with Gasteiger partial charge in [-0.3, -0.25) is 4.79 Å². The summed E-state index contributed by atoms with van der Waals surface area (Å²) in [6.07, 6.45) is -2.14. The average Bonchev–Trinajstić information content (AvgIpc) is 2.64. The number of aliphatic hydroxyl groups is 1. The molecular weight excluding hydrogens is 467 g/mol. The highest BCUT2D eigenvalue weighted by molar-refractivity contribution is 6.18. The zero-order valence-corrected chi connectivity index (χ0v) is 22.2. The van der Waals surface area contributed by atoms with E-state index in [1.807, 2.05) is 30.0 Å². The lowest BCUT2D eigenvalue weighted by molar-refractivity contribution is -0.156. The van der Waals surface area contributed by atoms with E-state index < -0.39 is 35.4 Å². The maximum Gasteiger partial charge on any atom is 0.407 e. The summed E-state index contributed by atoms with van der Waals surface area (Å²) in [6, 6.07) is 4.67. The monoisotopic (exact) mass is 504 g/mol. The Balaban J connectivity index is 3.26. The summed E-state index contributed by atoms with van der Waals surface area (Å²) in [7, 11) is 0. The zero-order valence-electron chi connectivity index (χ0n) is 20.7. The fourth-order valence-corrected chi connectivity index (χ4v) is 3.61. The van der Waals surface area contributed by atoms with Gasteiger partial charge in [0.1, 0.15) is 17.3 Å². The molecule has 1 aromatic carbocycles. The van der Waals surface area contributed by atoms with E-state index in [1.54, 1.807) is 41.5 Å². The number of alkyl halides is 2. The molecule has 0 aliphatic rings. The Hall–Kier alpha value is -1.70. The molecule has 0 bridgehead atoms. The predicted molar refractivity (Wildman–Crippen MR) is 133 cm³/mol. The van der Waals surface area contributed by atoms with Gasteiger partial charge in [-0.2, -0.15) is 0 Å². The van der Waals surface area contributed by atoms with Gasteiger partial charge in [0.25, 0.3) is 0 Å². The summed E-state index contributed by atoms with van der Waals surface area (Å²) in [5.74, 6) is 0.302. The van der Waals surface area contributed by atoms with Crippen molar-refractivity contribution in [1.29, 1.82) is 0 Å². The van der Waals surface area contributed by atoms with Crippen LogP contribution >= 0.6 is 23.2 Å². The average molecular weight is 505 g/mol. The van der Waals surface area contributed by atoms with Gasteiger partial charge in [-0.05, 0) is 71.7 Å². The zero-order chi connectivity index (χ0) is 25.4. The highest BCUT2D eigenvalue weighted by atomic mass is 35.5. The van der Waals surface area contributed by atoms with Crippen LogP contribution in [0.15, 0.2) is 18.2 Å². The fraction of sp³-hybridized carbons (Fsp3) is 0.667. The van der Waals surface area contributed by atoms with E-state index in [9.17, 15) is 14.7 Å². The molecular formula is C24H38Cl2N2O5. The Morgan fingerprint density at radius 1 is 1.03 bits per heavy atom. The van der Waals surface area contributed by atoms with Crippen molar-refractivity contribution in [2.45, 2.75) is 78.2 Å². The van der Waals surface area contributed by atoms with Gasteiger partial charge >= 0.3 is 12.1 Å². The Labute approximate surface area is 207 Å². The highest BCUT2D eigenvalue weighted by Gasteiger charge is 2.31. The summed E-state index contributed by atoms with van der Waals surface area (Å²) in [4.78, 5) is 27.0. The van der Waals surface area contributed by atoms with Crippen LogP contribution in [0, 0.1) is 6.92 Å². The van der Waals surface area contributed by atoms with E-state index in [2.05, 4.69) is 5.32 Å². The third-order valence-electron chi connectivity index (χ3n) is 4.55. The molecule has 0 saturated heterocycles. The number of hydrogen-bond acceptors (Lipinski definition) is 6. The number of halogens is 2. The number of carbonyl (C=O) groups is 2. The van der Waals surface area contributed by atoms with Gasteiger partial charge in [-0.25, -0.2) is 4.79 Å². The van der Waals surface area contributed by atoms with Crippen LogP contribution in [0.25, 0.3) is 0 Å². The number of alkyl carbamates (subject to hydrolysis) is 1. The quantitative estimate of drug-likeness (QED) is 0.346. The molecule has 33 heavy (non-hydrogen) atoms. The van der Waals surface area contributed by atoms with Gasteiger partial charge < -0.3 is 24.8 Å². The van der Waals surface area contributed by atoms with E-state index in [0.717, 1.165) is 11.3 Å². The van der Waals surface area contributed by atoms with Crippen molar-refractivity contribution in [3.8, 4) is 0 Å². The number of aryl methyl sites for hydroxylation is 1. The summed E-state index contributed by atoms with van der Waals surface area (Å²) < 4.78 is 10.8. The van der Waals surface area contributed by atoms with E-state index >= 15 is 0 Å². The standard InChI is InChI=1S/C24H38Cl2N2O5/c1-16-8-9-17(28(12-10-25)13-11-26)14-18(16)21(30)19(15-20(29)32-23(2,3)4)27-22(31)33-24(5,6)7/h8-9,14,19,21,30H,10-13,15H2,1-7H3,(H,27,31). The number of nitrogens with zero attached hydrogens (tertiary/aromatic N) is 1. The van der Waals surface area contributed by atoms with Crippen LogP contribution in [0.3, 0.4) is 0 Å². The Kier molecular flexibility index (Phi) is 11.3. The van der Waals surface area contributed by atoms with Crippen LogP contribution < -0.4 is 10.2 Å². The lowest BCUT2D eigenvalue weighted by Gasteiger charge is -2.29. The molecule has 1 aromatic rings. The van der Waals surface area contributed by atoms with Gasteiger partial charge in [-0.15, -0.1) is 23.2 Å². The van der Waals surface area contributed by atoms with Crippen molar-refractivity contribution < 1.29 is 24.2 Å². The van der Waals surface area contributed by atoms with Gasteiger partial charge in [-0.1, -0.05) is 6.07 Å². The first-order chi connectivity index (χ1) is 15.2. The number of anilines is 1. The number of ether oxygens (including phenoxy) is 2. The summed E-state index contributed by atoms with van der Waals surface area (Å²) in [5, 5.41) is 13.9. The maximum absolute atomic E-state index is 12.5. The second-order valence-corrected chi connectivity index (χ2v) is 10.6. The number of carbonyl (C=O) groups excluding carboxylic acids is 2. The Morgan fingerprint density at radius 2 is 1.58 bits per heavy atom. The normalized spacial score (nSPS) is 13.8. The molecule has 1 amide bonds. The van der Waals surface area contributed by atoms with Crippen molar-refractivity contribution >= 4 is 41.0 Å². The van der Waals surface area contributed by atoms with E-state index in [0.29, 0.717) is 30.4 Å². The molecule has 2 unspecified atom stereocenters. The second kappa shape index (κ2) is 12.7. The molecule has 0 aromatic heterocycles. The molecule has 0 fully saturated rings. The van der Waals surface area contributed by atoms with Crippen LogP contribution in [0.1, 0.15) is 65.2 Å². The first-order valence-electron chi connectivity index (χ1n) is 11.0. The first kappa shape index (κ1) is 29.3. The fourth-order valence-electron chi connectivity index (χ4n) is 3.20. The lowest BCUT2D eigenvalue weighted by Crippen LogP contribution is -2.44. The number of rotatable bonds is 10. The van der Waals surface area contributed by atoms with Crippen LogP contribution in [0.4, 0.5) is 10.5 Å².